The smallest absolute Gasteiger partial charge is 0.241 e. The quantitative estimate of drug-likeness (QED) is 0.742. The Morgan fingerprint density at radius 3 is 2.80 bits per heavy atom. The highest BCUT2D eigenvalue weighted by Gasteiger charge is 2.28. The van der Waals surface area contributed by atoms with Gasteiger partial charge in [0.15, 0.2) is 0 Å². The van der Waals surface area contributed by atoms with Crippen molar-refractivity contribution < 1.29 is 9.90 Å². The van der Waals surface area contributed by atoms with Gasteiger partial charge in [-0.15, -0.1) is 0 Å². The molecule has 0 spiro atoms. The number of aromatic nitrogens is 1. The first kappa shape index (κ1) is 13.3. The minimum atomic E-state index is -0.429. The molecule has 3 N–H and O–H groups in total. The number of anilines is 2. The Kier molecular flexibility index (Phi) is 3.84. The molecule has 3 heterocycles. The zero-order valence-corrected chi connectivity index (χ0v) is 11.4. The Bertz CT molecular complexity index is 471. The number of carbonyl (C=O) groups excluding carboxylic acids is 1. The van der Waals surface area contributed by atoms with Crippen molar-refractivity contribution in [3.05, 3.63) is 18.3 Å². The van der Waals surface area contributed by atoms with Crippen LogP contribution < -0.4 is 15.5 Å². The fraction of sp³-hybridized carbons (Fsp3) is 0.571. The van der Waals surface area contributed by atoms with E-state index < -0.39 is 6.10 Å². The van der Waals surface area contributed by atoms with Gasteiger partial charge in [0.1, 0.15) is 5.82 Å². The summed E-state index contributed by atoms with van der Waals surface area (Å²) in [4.78, 5) is 18.6. The van der Waals surface area contributed by atoms with E-state index in [1.54, 1.807) is 6.20 Å². The normalized spacial score (nSPS) is 25.9. The predicted molar refractivity (Wildman–Crippen MR) is 76.7 cm³/mol. The van der Waals surface area contributed by atoms with Crippen molar-refractivity contribution in [2.45, 2.75) is 31.4 Å². The minimum Gasteiger partial charge on any atom is -0.392 e. The topological polar surface area (TPSA) is 77.5 Å². The number of hydrogen-bond acceptors (Lipinski definition) is 5. The first-order chi connectivity index (χ1) is 9.72. The van der Waals surface area contributed by atoms with Crippen molar-refractivity contribution in [3.63, 3.8) is 0 Å². The van der Waals surface area contributed by atoms with Crippen molar-refractivity contribution in [1.29, 1.82) is 0 Å². The molecule has 1 aromatic heterocycles. The Hall–Kier alpha value is -1.66. The molecule has 6 nitrogen and oxygen atoms in total. The van der Waals surface area contributed by atoms with Gasteiger partial charge in [-0.25, -0.2) is 4.98 Å². The van der Waals surface area contributed by atoms with Gasteiger partial charge < -0.3 is 20.6 Å². The van der Waals surface area contributed by atoms with Gasteiger partial charge >= 0.3 is 0 Å². The first-order valence-corrected chi connectivity index (χ1v) is 7.16. The Morgan fingerprint density at radius 2 is 2.20 bits per heavy atom. The molecular weight excluding hydrogens is 256 g/mol. The van der Waals surface area contributed by atoms with E-state index in [1.807, 2.05) is 12.1 Å². The molecule has 1 amide bonds. The number of β-amino-alcohol motifs (C(OH)–C–C–N with tert-alkyl or cyclic N) is 1. The van der Waals surface area contributed by atoms with Crippen molar-refractivity contribution in [3.8, 4) is 0 Å². The average Bonchev–Trinajstić information content (AvgIpc) is 3.10. The van der Waals surface area contributed by atoms with Gasteiger partial charge in [0, 0.05) is 19.6 Å². The van der Waals surface area contributed by atoms with E-state index >= 15 is 0 Å². The van der Waals surface area contributed by atoms with Crippen molar-refractivity contribution in [2.24, 2.45) is 0 Å². The fourth-order valence-corrected chi connectivity index (χ4v) is 2.74. The van der Waals surface area contributed by atoms with Crippen LogP contribution in [0.1, 0.15) is 19.3 Å². The molecule has 0 aromatic carbocycles. The van der Waals surface area contributed by atoms with E-state index in [9.17, 15) is 9.90 Å². The lowest BCUT2D eigenvalue weighted by molar-refractivity contribution is -0.117. The second-order valence-electron chi connectivity index (χ2n) is 5.44. The zero-order chi connectivity index (χ0) is 13.9. The molecule has 2 saturated heterocycles. The second-order valence-corrected chi connectivity index (χ2v) is 5.44. The molecule has 3 rings (SSSR count). The number of aliphatic hydroxyl groups is 1. The van der Waals surface area contributed by atoms with Gasteiger partial charge in [0.05, 0.1) is 24.0 Å². The van der Waals surface area contributed by atoms with Crippen molar-refractivity contribution in [1.82, 2.24) is 10.3 Å². The summed E-state index contributed by atoms with van der Waals surface area (Å²) in [5, 5.41) is 15.2. The minimum absolute atomic E-state index is 0.114. The van der Waals surface area contributed by atoms with Gasteiger partial charge in [0.25, 0.3) is 0 Å². The molecule has 2 atom stereocenters. The van der Waals surface area contributed by atoms with Gasteiger partial charge in [0.2, 0.25) is 5.91 Å². The summed E-state index contributed by atoms with van der Waals surface area (Å²) in [6, 6.07) is 3.50. The third-order valence-electron chi connectivity index (χ3n) is 3.87. The summed E-state index contributed by atoms with van der Waals surface area (Å²) in [7, 11) is 0. The molecule has 6 heteroatoms. The van der Waals surface area contributed by atoms with Crippen LogP contribution in [0.25, 0.3) is 0 Å². The summed E-state index contributed by atoms with van der Waals surface area (Å²) in [5.74, 6) is 0.854. The summed E-state index contributed by atoms with van der Waals surface area (Å²) in [6.45, 7) is 2.59. The lowest BCUT2D eigenvalue weighted by Crippen LogP contribution is -2.35. The van der Waals surface area contributed by atoms with Crippen LogP contribution in [0, 0.1) is 0 Å². The van der Waals surface area contributed by atoms with Crippen molar-refractivity contribution in [2.75, 3.05) is 29.9 Å². The molecule has 0 radical (unpaired) electrons. The van der Waals surface area contributed by atoms with Crippen molar-refractivity contribution >= 4 is 17.4 Å². The maximum absolute atomic E-state index is 12.0. The van der Waals surface area contributed by atoms with E-state index in [0.717, 1.165) is 18.9 Å². The molecule has 0 saturated carbocycles. The second kappa shape index (κ2) is 5.76. The summed E-state index contributed by atoms with van der Waals surface area (Å²) in [5.41, 5.74) is 0.695. The number of nitrogens with zero attached hydrogens (tertiary/aromatic N) is 2. The van der Waals surface area contributed by atoms with Crippen LogP contribution in [0.2, 0.25) is 0 Å². The average molecular weight is 276 g/mol. The van der Waals surface area contributed by atoms with E-state index in [-0.39, 0.29) is 11.9 Å². The molecule has 0 bridgehead atoms. The third-order valence-corrected chi connectivity index (χ3v) is 3.87. The monoisotopic (exact) mass is 276 g/mol. The molecule has 108 valence electrons. The lowest BCUT2D eigenvalue weighted by atomic mass is 10.2. The Labute approximate surface area is 118 Å². The summed E-state index contributed by atoms with van der Waals surface area (Å²) < 4.78 is 0. The summed E-state index contributed by atoms with van der Waals surface area (Å²) in [6.07, 6.45) is 4.16. The standard InChI is InChI=1S/C14H20N4O2/c19-11-7-12(15-9-11)14(20)17-10-3-4-13(16-8-10)18-5-1-2-6-18/h3-4,8,11-12,15,19H,1-2,5-7,9H2,(H,17,20). The fourth-order valence-electron chi connectivity index (χ4n) is 2.74. The van der Waals surface area contributed by atoms with E-state index in [4.69, 9.17) is 0 Å². The number of rotatable bonds is 3. The number of nitrogens with one attached hydrogen (secondary N) is 2. The summed E-state index contributed by atoms with van der Waals surface area (Å²) >= 11 is 0. The zero-order valence-electron chi connectivity index (χ0n) is 11.4. The van der Waals surface area contributed by atoms with Gasteiger partial charge in [-0.3, -0.25) is 4.79 Å². The number of amides is 1. The maximum atomic E-state index is 12.0. The molecule has 2 unspecified atom stereocenters. The Balaban J connectivity index is 1.58. The number of aliphatic hydroxyl groups excluding tert-OH is 1. The van der Waals surface area contributed by atoms with Crippen LogP contribution in [0.15, 0.2) is 18.3 Å². The van der Waals surface area contributed by atoms with E-state index in [0.29, 0.717) is 18.7 Å². The number of pyridine rings is 1. The highest BCUT2D eigenvalue weighted by Crippen LogP contribution is 2.19. The molecule has 2 aliphatic rings. The van der Waals surface area contributed by atoms with Crippen LogP contribution >= 0.6 is 0 Å². The molecule has 0 aliphatic carbocycles. The highest BCUT2D eigenvalue weighted by atomic mass is 16.3. The molecular formula is C14H20N4O2. The van der Waals surface area contributed by atoms with Crippen LogP contribution in [0.4, 0.5) is 11.5 Å². The first-order valence-electron chi connectivity index (χ1n) is 7.16. The predicted octanol–water partition coefficient (Wildman–Crippen LogP) is 0.343. The molecule has 2 fully saturated rings. The largest absolute Gasteiger partial charge is 0.392 e. The SMILES string of the molecule is O=C(Nc1ccc(N2CCCC2)nc1)C1CC(O)CN1. The van der Waals surface area contributed by atoms with Crippen LogP contribution in [-0.2, 0) is 4.79 Å². The Morgan fingerprint density at radius 1 is 1.40 bits per heavy atom. The third kappa shape index (κ3) is 2.91. The van der Waals surface area contributed by atoms with Gasteiger partial charge in [-0.2, -0.15) is 0 Å². The molecule has 1 aromatic rings. The van der Waals surface area contributed by atoms with E-state index in [2.05, 4.69) is 20.5 Å². The number of carbonyl (C=O) groups is 1. The van der Waals surface area contributed by atoms with Crippen LogP contribution in [-0.4, -0.2) is 47.8 Å². The van der Waals surface area contributed by atoms with E-state index in [1.165, 1.54) is 12.8 Å². The number of hydrogen-bond donors (Lipinski definition) is 3. The van der Waals surface area contributed by atoms with Crippen LogP contribution in [0.5, 0.6) is 0 Å². The van der Waals surface area contributed by atoms with Gasteiger partial charge in [-0.1, -0.05) is 0 Å². The maximum Gasteiger partial charge on any atom is 0.241 e. The highest BCUT2D eigenvalue weighted by molar-refractivity contribution is 5.95. The van der Waals surface area contributed by atoms with Crippen LogP contribution in [0.3, 0.4) is 0 Å². The molecule has 20 heavy (non-hydrogen) atoms. The lowest BCUT2D eigenvalue weighted by Gasteiger charge is -2.16. The van der Waals surface area contributed by atoms with Gasteiger partial charge in [-0.05, 0) is 31.4 Å². The molecule has 2 aliphatic heterocycles.